The summed E-state index contributed by atoms with van der Waals surface area (Å²) in [7, 11) is 1.08. The third kappa shape index (κ3) is 4.13. The third-order valence-electron chi connectivity index (χ3n) is 4.44. The summed E-state index contributed by atoms with van der Waals surface area (Å²) in [6.07, 6.45) is -6.99. The Hall–Kier alpha value is -2.02. The molecule has 3 unspecified atom stereocenters. The van der Waals surface area contributed by atoms with E-state index in [1.54, 1.807) is 0 Å². The Balaban J connectivity index is 2.25. The van der Waals surface area contributed by atoms with Crippen LogP contribution in [0.25, 0.3) is 0 Å². The first-order valence-corrected chi connectivity index (χ1v) is 8.02. The van der Waals surface area contributed by atoms with Crippen LogP contribution in [0.4, 0.5) is 0 Å². The lowest BCUT2D eigenvalue weighted by atomic mass is 9.84. The molecule has 0 bridgehead atoms. The number of aliphatic hydroxyl groups excluding tert-OH is 4. The fraction of sp³-hybridized carbons (Fsp3) is 0.625. The van der Waals surface area contributed by atoms with Crippen molar-refractivity contribution < 1.29 is 54.1 Å². The minimum absolute atomic E-state index is 0.261. The molecule has 11 heteroatoms. The first kappa shape index (κ1) is 21.3. The monoisotopic (exact) mass is 390 g/mol. The van der Waals surface area contributed by atoms with Crippen LogP contribution in [0.3, 0.4) is 0 Å². The quantitative estimate of drug-likeness (QED) is 0.244. The van der Waals surface area contributed by atoms with Gasteiger partial charge in [0.15, 0.2) is 6.29 Å². The van der Waals surface area contributed by atoms with Crippen molar-refractivity contribution in [2.75, 3.05) is 13.7 Å². The number of esters is 1. The number of hydrogen-bond donors (Lipinski definition) is 5. The molecule has 0 spiro atoms. The predicted molar refractivity (Wildman–Crippen MR) is 84.6 cm³/mol. The Kier molecular flexibility index (Phi) is 6.92. The second-order valence-corrected chi connectivity index (χ2v) is 6.03. The Morgan fingerprint density at radius 1 is 1.22 bits per heavy atom. The van der Waals surface area contributed by atoms with Crippen LogP contribution in [0, 0.1) is 11.8 Å². The molecule has 2 rings (SSSR count). The molecule has 0 aromatic heterocycles. The third-order valence-corrected chi connectivity index (χ3v) is 4.44. The van der Waals surface area contributed by atoms with Gasteiger partial charge < -0.3 is 44.5 Å². The van der Waals surface area contributed by atoms with E-state index < -0.39 is 67.4 Å². The van der Waals surface area contributed by atoms with Gasteiger partial charge in [0.2, 0.25) is 6.29 Å². The van der Waals surface area contributed by atoms with Crippen molar-refractivity contribution in [3.05, 3.63) is 24.5 Å². The van der Waals surface area contributed by atoms with Gasteiger partial charge in [0.25, 0.3) is 0 Å². The molecule has 2 aliphatic rings. The number of carboxylic acid groups (broad SMARTS) is 1. The maximum absolute atomic E-state index is 11.8. The number of carboxylic acids is 1. The highest BCUT2D eigenvalue weighted by Crippen LogP contribution is 2.35. The average Bonchev–Trinajstić information content (AvgIpc) is 2.66. The molecule has 11 nitrogen and oxygen atoms in total. The van der Waals surface area contributed by atoms with Crippen LogP contribution < -0.4 is 0 Å². The lowest BCUT2D eigenvalue weighted by Crippen LogP contribution is -2.60. The highest BCUT2D eigenvalue weighted by molar-refractivity contribution is 5.95. The minimum atomic E-state index is -1.70. The maximum atomic E-state index is 11.8. The van der Waals surface area contributed by atoms with Gasteiger partial charge in [0.1, 0.15) is 30.3 Å². The number of ether oxygens (including phenoxy) is 4. The summed E-state index contributed by atoms with van der Waals surface area (Å²) >= 11 is 0. The summed E-state index contributed by atoms with van der Waals surface area (Å²) in [4.78, 5) is 23.4. The van der Waals surface area contributed by atoms with Gasteiger partial charge in [-0.15, -0.1) is 6.58 Å². The van der Waals surface area contributed by atoms with Gasteiger partial charge in [-0.3, -0.25) is 4.79 Å². The van der Waals surface area contributed by atoms with Crippen LogP contribution in [0.5, 0.6) is 0 Å². The molecule has 0 aliphatic carbocycles. The SMILES string of the molecule is C=CC1C(O[C@@H]2O[C@H](CO)[C@@H](O)[C@H](O)[C@H]2O)OC=C(C(=O)OC)C1C(=O)O. The molecule has 5 N–H and O–H groups in total. The standard InChI is InChI=1S/C16H22O11/c1-3-6-9(13(21)22)7(14(23)24-2)5-25-15(6)27-16-12(20)11(19)10(18)8(4-17)26-16/h3,5-6,8-12,15-20H,1,4H2,2H3,(H,21,22)/t6?,8-,9?,10-,11+,12-,15?,16+/m1/s1. The summed E-state index contributed by atoms with van der Waals surface area (Å²) < 4.78 is 20.4. The van der Waals surface area contributed by atoms with E-state index in [0.717, 1.165) is 13.4 Å². The highest BCUT2D eigenvalue weighted by atomic mass is 16.8. The summed E-state index contributed by atoms with van der Waals surface area (Å²) in [5, 5.41) is 48.3. The number of carbonyl (C=O) groups excluding carboxylic acids is 1. The normalized spacial score (nSPS) is 39.1. The Labute approximate surface area is 154 Å². The lowest BCUT2D eigenvalue weighted by Gasteiger charge is -2.42. The van der Waals surface area contributed by atoms with Crippen LogP contribution >= 0.6 is 0 Å². The van der Waals surface area contributed by atoms with Crippen molar-refractivity contribution in [3.63, 3.8) is 0 Å². The zero-order valence-corrected chi connectivity index (χ0v) is 14.4. The molecule has 8 atom stereocenters. The summed E-state index contributed by atoms with van der Waals surface area (Å²) in [6.45, 7) is 2.86. The summed E-state index contributed by atoms with van der Waals surface area (Å²) in [5.41, 5.74) is -0.261. The van der Waals surface area contributed by atoms with E-state index >= 15 is 0 Å². The molecule has 1 fully saturated rings. The molecule has 2 heterocycles. The molecule has 0 amide bonds. The maximum Gasteiger partial charge on any atom is 0.337 e. The van der Waals surface area contributed by atoms with E-state index in [0.29, 0.717) is 0 Å². The molecule has 0 saturated carbocycles. The number of aliphatic hydroxyl groups is 4. The smallest absolute Gasteiger partial charge is 0.337 e. The van der Waals surface area contributed by atoms with Gasteiger partial charge in [0, 0.05) is 0 Å². The van der Waals surface area contributed by atoms with Gasteiger partial charge in [-0.05, 0) is 0 Å². The van der Waals surface area contributed by atoms with E-state index in [9.17, 15) is 35.1 Å². The van der Waals surface area contributed by atoms with Crippen molar-refractivity contribution in [2.45, 2.75) is 37.0 Å². The van der Waals surface area contributed by atoms with Crippen molar-refractivity contribution in [1.29, 1.82) is 0 Å². The average molecular weight is 390 g/mol. The summed E-state index contributed by atoms with van der Waals surface area (Å²) in [6, 6.07) is 0. The van der Waals surface area contributed by atoms with Crippen LogP contribution in [0.2, 0.25) is 0 Å². The fourth-order valence-electron chi connectivity index (χ4n) is 2.94. The summed E-state index contributed by atoms with van der Waals surface area (Å²) in [5.74, 6) is -4.74. The van der Waals surface area contributed by atoms with E-state index in [1.807, 2.05) is 0 Å². The molecule has 0 aromatic rings. The van der Waals surface area contributed by atoms with E-state index in [4.69, 9.17) is 14.2 Å². The highest BCUT2D eigenvalue weighted by Gasteiger charge is 2.48. The number of aliphatic carboxylic acids is 1. The van der Waals surface area contributed by atoms with Gasteiger partial charge in [0.05, 0.1) is 31.5 Å². The van der Waals surface area contributed by atoms with Gasteiger partial charge in [-0.25, -0.2) is 4.79 Å². The van der Waals surface area contributed by atoms with Crippen molar-refractivity contribution in [2.24, 2.45) is 11.8 Å². The second kappa shape index (κ2) is 8.78. The zero-order chi connectivity index (χ0) is 20.3. The fourth-order valence-corrected chi connectivity index (χ4v) is 2.94. The second-order valence-electron chi connectivity index (χ2n) is 6.03. The Morgan fingerprint density at radius 2 is 1.89 bits per heavy atom. The number of methoxy groups -OCH3 is 1. The van der Waals surface area contributed by atoms with Crippen LogP contribution in [0.15, 0.2) is 24.5 Å². The molecule has 27 heavy (non-hydrogen) atoms. The molecular formula is C16H22O11. The topological polar surface area (TPSA) is 172 Å². The first-order valence-electron chi connectivity index (χ1n) is 8.02. The number of hydrogen-bond acceptors (Lipinski definition) is 10. The van der Waals surface area contributed by atoms with Gasteiger partial charge in [-0.2, -0.15) is 0 Å². The number of rotatable bonds is 6. The van der Waals surface area contributed by atoms with Gasteiger partial charge in [-0.1, -0.05) is 6.08 Å². The minimum Gasteiger partial charge on any atom is -0.481 e. The Morgan fingerprint density at radius 3 is 2.41 bits per heavy atom. The molecular weight excluding hydrogens is 368 g/mol. The molecule has 152 valence electrons. The van der Waals surface area contributed by atoms with Crippen molar-refractivity contribution >= 4 is 11.9 Å². The molecule has 2 aliphatic heterocycles. The van der Waals surface area contributed by atoms with Crippen molar-refractivity contribution in [1.82, 2.24) is 0 Å². The Bertz CT molecular complexity index is 601. The largest absolute Gasteiger partial charge is 0.481 e. The van der Waals surface area contributed by atoms with Gasteiger partial charge >= 0.3 is 11.9 Å². The van der Waals surface area contributed by atoms with E-state index in [1.165, 1.54) is 6.08 Å². The van der Waals surface area contributed by atoms with Crippen LogP contribution in [-0.4, -0.2) is 88.2 Å². The van der Waals surface area contributed by atoms with Crippen LogP contribution in [0.1, 0.15) is 0 Å². The zero-order valence-electron chi connectivity index (χ0n) is 14.4. The van der Waals surface area contributed by atoms with E-state index in [-0.39, 0.29) is 5.57 Å². The molecule has 0 aromatic carbocycles. The van der Waals surface area contributed by atoms with Crippen molar-refractivity contribution in [3.8, 4) is 0 Å². The molecule has 1 saturated heterocycles. The first-order chi connectivity index (χ1) is 12.8. The number of carbonyl (C=O) groups is 2. The van der Waals surface area contributed by atoms with Crippen LogP contribution in [-0.2, 0) is 28.5 Å². The molecule has 0 radical (unpaired) electrons. The lowest BCUT2D eigenvalue weighted by molar-refractivity contribution is -0.339. The predicted octanol–water partition coefficient (Wildman–Crippen LogP) is -2.28. The van der Waals surface area contributed by atoms with E-state index in [2.05, 4.69) is 11.3 Å².